The molecule has 2 heteroatoms. The third kappa shape index (κ3) is 3.24. The molecule has 0 aliphatic heterocycles. The van der Waals surface area contributed by atoms with E-state index in [2.05, 4.69) is 48.3 Å². The maximum absolute atomic E-state index is 5.99. The van der Waals surface area contributed by atoms with Gasteiger partial charge >= 0.3 is 0 Å². The molecule has 4 rings (SSSR count). The maximum Gasteiger partial charge on any atom is 0.120 e. The minimum absolute atomic E-state index is 0.570. The standard InChI is InChI=1S/C23H19NO/c1-17-15-24-22-13-6-5-12-21(22)23(17)19-10-7-11-20(14-19)25-16-18-8-3-2-4-9-18/h2-15H,16H2,1H3. The van der Waals surface area contributed by atoms with E-state index in [-0.39, 0.29) is 0 Å². The van der Waals surface area contributed by atoms with Crippen molar-refractivity contribution in [2.24, 2.45) is 0 Å². The first-order valence-corrected chi connectivity index (χ1v) is 8.43. The van der Waals surface area contributed by atoms with Gasteiger partial charge in [0, 0.05) is 11.6 Å². The summed E-state index contributed by atoms with van der Waals surface area (Å²) in [4.78, 5) is 4.53. The van der Waals surface area contributed by atoms with E-state index in [1.807, 2.05) is 48.7 Å². The van der Waals surface area contributed by atoms with Crippen molar-refractivity contribution in [1.82, 2.24) is 4.98 Å². The Balaban J connectivity index is 1.69. The minimum Gasteiger partial charge on any atom is -0.489 e. The maximum atomic E-state index is 5.99. The molecule has 0 fully saturated rings. The van der Waals surface area contributed by atoms with Crippen LogP contribution in [0.1, 0.15) is 11.1 Å². The first kappa shape index (κ1) is 15.4. The molecule has 2 nitrogen and oxygen atoms in total. The lowest BCUT2D eigenvalue weighted by Gasteiger charge is -2.12. The Kier molecular flexibility index (Phi) is 4.17. The molecule has 4 aromatic rings. The number of ether oxygens (including phenoxy) is 1. The van der Waals surface area contributed by atoms with Crippen LogP contribution in [-0.4, -0.2) is 4.98 Å². The number of fused-ring (bicyclic) bond motifs is 1. The molecule has 0 N–H and O–H groups in total. The van der Waals surface area contributed by atoms with Crippen LogP contribution in [0.5, 0.6) is 5.75 Å². The van der Waals surface area contributed by atoms with Crippen LogP contribution in [0, 0.1) is 6.92 Å². The van der Waals surface area contributed by atoms with E-state index >= 15 is 0 Å². The Morgan fingerprint density at radius 1 is 0.840 bits per heavy atom. The summed E-state index contributed by atoms with van der Waals surface area (Å²) in [5, 5.41) is 1.17. The lowest BCUT2D eigenvalue weighted by atomic mass is 9.97. The first-order valence-electron chi connectivity index (χ1n) is 8.43. The van der Waals surface area contributed by atoms with Crippen molar-refractivity contribution in [2.75, 3.05) is 0 Å². The summed E-state index contributed by atoms with van der Waals surface area (Å²) in [6.45, 7) is 2.67. The van der Waals surface area contributed by atoms with Crippen molar-refractivity contribution >= 4 is 10.9 Å². The zero-order valence-corrected chi connectivity index (χ0v) is 14.1. The SMILES string of the molecule is Cc1cnc2ccccc2c1-c1cccc(OCc2ccccc2)c1. The van der Waals surface area contributed by atoms with Crippen LogP contribution in [0.2, 0.25) is 0 Å². The highest BCUT2D eigenvalue weighted by Gasteiger charge is 2.09. The third-order valence-corrected chi connectivity index (χ3v) is 4.34. The summed E-state index contributed by atoms with van der Waals surface area (Å²) in [7, 11) is 0. The van der Waals surface area contributed by atoms with Crippen molar-refractivity contribution < 1.29 is 4.74 Å². The molecule has 1 aromatic heterocycles. The molecule has 1 heterocycles. The molecule has 0 amide bonds. The van der Waals surface area contributed by atoms with Gasteiger partial charge in [-0.05, 0) is 47.4 Å². The van der Waals surface area contributed by atoms with Crippen LogP contribution in [-0.2, 0) is 6.61 Å². The Morgan fingerprint density at radius 3 is 2.52 bits per heavy atom. The third-order valence-electron chi connectivity index (χ3n) is 4.34. The number of nitrogens with zero attached hydrogens (tertiary/aromatic N) is 1. The lowest BCUT2D eigenvalue weighted by Crippen LogP contribution is -1.95. The molecule has 0 saturated carbocycles. The highest BCUT2D eigenvalue weighted by molar-refractivity contribution is 5.96. The van der Waals surface area contributed by atoms with Gasteiger partial charge in [-0.3, -0.25) is 4.98 Å². The molecule has 0 saturated heterocycles. The Hall–Kier alpha value is -3.13. The Labute approximate surface area is 147 Å². The van der Waals surface area contributed by atoms with Gasteiger partial charge in [0.1, 0.15) is 12.4 Å². The molecule has 0 aliphatic carbocycles. The first-order chi connectivity index (χ1) is 12.3. The average Bonchev–Trinajstić information content (AvgIpc) is 2.67. The highest BCUT2D eigenvalue weighted by atomic mass is 16.5. The zero-order chi connectivity index (χ0) is 17.1. The van der Waals surface area contributed by atoms with Gasteiger partial charge in [-0.15, -0.1) is 0 Å². The van der Waals surface area contributed by atoms with Crippen molar-refractivity contribution in [2.45, 2.75) is 13.5 Å². The molecular formula is C23H19NO. The molecule has 122 valence electrons. The van der Waals surface area contributed by atoms with E-state index in [9.17, 15) is 0 Å². The second-order valence-electron chi connectivity index (χ2n) is 6.14. The minimum atomic E-state index is 0.570. The van der Waals surface area contributed by atoms with Crippen LogP contribution in [0.15, 0.2) is 85.1 Å². The monoisotopic (exact) mass is 325 g/mol. The van der Waals surface area contributed by atoms with E-state index in [0.29, 0.717) is 6.61 Å². The summed E-state index contributed by atoms with van der Waals surface area (Å²) < 4.78 is 5.99. The van der Waals surface area contributed by atoms with Crippen molar-refractivity contribution in [3.05, 3.63) is 96.2 Å². The molecule has 0 atom stereocenters. The second kappa shape index (κ2) is 6.78. The Morgan fingerprint density at radius 2 is 1.64 bits per heavy atom. The normalized spacial score (nSPS) is 10.8. The largest absolute Gasteiger partial charge is 0.489 e. The number of hydrogen-bond acceptors (Lipinski definition) is 2. The number of pyridine rings is 1. The molecule has 0 radical (unpaired) electrons. The van der Waals surface area contributed by atoms with Crippen molar-refractivity contribution in [3.63, 3.8) is 0 Å². The van der Waals surface area contributed by atoms with E-state index < -0.39 is 0 Å². The van der Waals surface area contributed by atoms with Crippen molar-refractivity contribution in [1.29, 1.82) is 0 Å². The quantitative estimate of drug-likeness (QED) is 0.474. The van der Waals surface area contributed by atoms with Gasteiger partial charge < -0.3 is 4.74 Å². The summed E-state index contributed by atoms with van der Waals surface area (Å²) in [5.41, 5.74) is 5.72. The molecule has 3 aromatic carbocycles. The van der Waals surface area contributed by atoms with Gasteiger partial charge in [-0.25, -0.2) is 0 Å². The predicted octanol–water partition coefficient (Wildman–Crippen LogP) is 5.79. The molecular weight excluding hydrogens is 306 g/mol. The summed E-state index contributed by atoms with van der Waals surface area (Å²) in [6, 6.07) is 26.8. The topological polar surface area (TPSA) is 22.1 Å². The van der Waals surface area contributed by atoms with Gasteiger partial charge in [-0.2, -0.15) is 0 Å². The predicted molar refractivity (Wildman–Crippen MR) is 103 cm³/mol. The number of benzene rings is 3. The number of aromatic nitrogens is 1. The number of rotatable bonds is 4. The van der Waals surface area contributed by atoms with Crippen molar-refractivity contribution in [3.8, 4) is 16.9 Å². The van der Waals surface area contributed by atoms with Gasteiger partial charge in [0.15, 0.2) is 0 Å². The fraction of sp³-hybridized carbons (Fsp3) is 0.0870. The number of aryl methyl sites for hydroxylation is 1. The fourth-order valence-electron chi connectivity index (χ4n) is 3.11. The van der Waals surface area contributed by atoms with E-state index in [4.69, 9.17) is 4.74 Å². The molecule has 25 heavy (non-hydrogen) atoms. The highest BCUT2D eigenvalue weighted by Crippen LogP contribution is 2.32. The van der Waals surface area contributed by atoms with Crippen LogP contribution in [0.25, 0.3) is 22.0 Å². The summed E-state index contributed by atoms with van der Waals surface area (Å²) >= 11 is 0. The fourth-order valence-corrected chi connectivity index (χ4v) is 3.11. The smallest absolute Gasteiger partial charge is 0.120 e. The Bertz CT molecular complexity index is 1010. The van der Waals surface area contributed by atoms with E-state index in [1.165, 1.54) is 22.1 Å². The van der Waals surface area contributed by atoms with E-state index in [0.717, 1.165) is 16.8 Å². The van der Waals surface area contributed by atoms with Crippen LogP contribution < -0.4 is 4.74 Å². The van der Waals surface area contributed by atoms with E-state index in [1.54, 1.807) is 0 Å². The van der Waals surface area contributed by atoms with Crippen LogP contribution in [0.3, 0.4) is 0 Å². The average molecular weight is 325 g/mol. The number of hydrogen-bond donors (Lipinski definition) is 0. The number of para-hydroxylation sites is 1. The molecule has 0 aliphatic rings. The van der Waals surface area contributed by atoms with Gasteiger partial charge in [-0.1, -0.05) is 60.7 Å². The van der Waals surface area contributed by atoms with Gasteiger partial charge in [0.05, 0.1) is 5.52 Å². The van der Waals surface area contributed by atoms with Gasteiger partial charge in [0.25, 0.3) is 0 Å². The summed E-state index contributed by atoms with van der Waals surface area (Å²) in [6.07, 6.45) is 1.94. The zero-order valence-electron chi connectivity index (χ0n) is 14.1. The lowest BCUT2D eigenvalue weighted by molar-refractivity contribution is 0.306. The molecule has 0 spiro atoms. The summed E-state index contributed by atoms with van der Waals surface area (Å²) in [5.74, 6) is 0.877. The van der Waals surface area contributed by atoms with Crippen LogP contribution >= 0.6 is 0 Å². The van der Waals surface area contributed by atoms with Crippen LogP contribution in [0.4, 0.5) is 0 Å². The molecule has 0 unspecified atom stereocenters. The second-order valence-corrected chi connectivity index (χ2v) is 6.14. The van der Waals surface area contributed by atoms with Gasteiger partial charge in [0.2, 0.25) is 0 Å². The molecule has 0 bridgehead atoms.